The molecule has 0 aliphatic rings. The monoisotopic (exact) mass is 560 g/mol. The molecule has 0 saturated carbocycles. The van der Waals surface area contributed by atoms with Crippen LogP contribution in [0.5, 0.6) is 5.75 Å². The van der Waals surface area contributed by atoms with Crippen LogP contribution < -0.4 is 20.1 Å². The topological polar surface area (TPSA) is 91.8 Å². The summed E-state index contributed by atoms with van der Waals surface area (Å²) in [7, 11) is -0.392. The van der Waals surface area contributed by atoms with Crippen molar-refractivity contribution in [2.24, 2.45) is 4.99 Å². The Kier molecular flexibility index (Phi) is 11.9. The van der Waals surface area contributed by atoms with Crippen molar-refractivity contribution in [2.75, 3.05) is 27.2 Å². The summed E-state index contributed by atoms with van der Waals surface area (Å²) in [5.74, 6) is 1.97. The van der Waals surface area contributed by atoms with E-state index in [2.05, 4.69) is 39.4 Å². The van der Waals surface area contributed by atoms with Gasteiger partial charge in [-0.05, 0) is 61.7 Å². The van der Waals surface area contributed by atoms with E-state index in [9.17, 15) is 8.42 Å². The summed E-state index contributed by atoms with van der Waals surface area (Å²) in [6, 6.07) is 15.0. The van der Waals surface area contributed by atoms with Gasteiger partial charge in [-0.2, -0.15) is 0 Å². The average molecular weight is 561 g/mol. The highest BCUT2D eigenvalue weighted by atomic mass is 127. The van der Waals surface area contributed by atoms with Gasteiger partial charge in [-0.25, -0.2) is 18.1 Å². The number of nitrogens with zero attached hydrogens (tertiary/aromatic N) is 1. The van der Waals surface area contributed by atoms with E-state index in [1.807, 2.05) is 25.1 Å². The number of halogens is 1. The molecule has 0 fully saturated rings. The van der Waals surface area contributed by atoms with Crippen molar-refractivity contribution in [3.63, 3.8) is 0 Å². The Balaban J connectivity index is 0.00000480. The minimum absolute atomic E-state index is 0. The summed E-state index contributed by atoms with van der Waals surface area (Å²) in [6.07, 6.45) is 0.951. The molecule has 0 aliphatic carbocycles. The molecule has 1 unspecified atom stereocenters. The summed E-state index contributed by atoms with van der Waals surface area (Å²) in [5.41, 5.74) is 2.09. The maximum absolute atomic E-state index is 12.0. The van der Waals surface area contributed by atoms with Gasteiger partial charge in [0.15, 0.2) is 5.96 Å². The summed E-state index contributed by atoms with van der Waals surface area (Å²) >= 11 is 0. The molecule has 0 heterocycles. The van der Waals surface area contributed by atoms with Gasteiger partial charge in [-0.15, -0.1) is 24.0 Å². The van der Waals surface area contributed by atoms with E-state index in [-0.39, 0.29) is 28.9 Å². The molecule has 31 heavy (non-hydrogen) atoms. The lowest BCUT2D eigenvalue weighted by molar-refractivity contribution is 0.414. The van der Waals surface area contributed by atoms with E-state index in [4.69, 9.17) is 4.74 Å². The number of sulfonamides is 1. The zero-order valence-corrected chi connectivity index (χ0v) is 21.7. The smallest absolute Gasteiger partial charge is 0.240 e. The van der Waals surface area contributed by atoms with Crippen molar-refractivity contribution in [3.05, 3.63) is 59.7 Å². The minimum atomic E-state index is -3.46. The highest BCUT2D eigenvalue weighted by molar-refractivity contribution is 14.0. The Labute approximate surface area is 203 Å². The lowest BCUT2D eigenvalue weighted by Gasteiger charge is -2.15. The van der Waals surface area contributed by atoms with Crippen LogP contribution in [0.25, 0.3) is 0 Å². The van der Waals surface area contributed by atoms with Crippen LogP contribution in [0.3, 0.4) is 0 Å². The van der Waals surface area contributed by atoms with Crippen LogP contribution in [0.15, 0.2) is 58.4 Å². The Bertz CT molecular complexity index is 934. The number of ether oxygens (including phenoxy) is 1. The zero-order chi connectivity index (χ0) is 22.0. The Hall–Kier alpha value is -1.85. The van der Waals surface area contributed by atoms with Gasteiger partial charge in [0, 0.05) is 13.1 Å². The molecule has 0 aliphatic heterocycles. The summed E-state index contributed by atoms with van der Waals surface area (Å²) < 4.78 is 31.5. The fraction of sp³-hybridized carbons (Fsp3) is 0.409. The predicted molar refractivity (Wildman–Crippen MR) is 137 cm³/mol. The SMILES string of the molecule is CCNC(=NCc1cccc(S(=O)(=O)NC)c1)NCCC(C)c1ccc(OC)cc1.I. The first-order valence-corrected chi connectivity index (χ1v) is 11.6. The molecular formula is C22H33IN4O3S. The molecule has 3 N–H and O–H groups in total. The summed E-state index contributed by atoms with van der Waals surface area (Å²) in [5, 5.41) is 6.58. The Morgan fingerprint density at radius 3 is 2.45 bits per heavy atom. The maximum Gasteiger partial charge on any atom is 0.240 e. The van der Waals surface area contributed by atoms with E-state index in [0.29, 0.717) is 18.4 Å². The second-order valence-electron chi connectivity index (χ2n) is 6.94. The van der Waals surface area contributed by atoms with E-state index < -0.39 is 10.0 Å². The first kappa shape index (κ1) is 27.2. The Morgan fingerprint density at radius 1 is 1.13 bits per heavy atom. The summed E-state index contributed by atoms with van der Waals surface area (Å²) in [4.78, 5) is 4.83. The molecule has 2 aromatic carbocycles. The number of benzene rings is 2. The van der Waals surface area contributed by atoms with Crippen molar-refractivity contribution in [3.8, 4) is 5.75 Å². The normalized spacial score (nSPS) is 12.6. The fourth-order valence-corrected chi connectivity index (χ4v) is 3.75. The second-order valence-corrected chi connectivity index (χ2v) is 8.83. The van der Waals surface area contributed by atoms with Crippen LogP contribution in [0, 0.1) is 0 Å². The second kappa shape index (κ2) is 13.5. The average Bonchev–Trinajstić information content (AvgIpc) is 2.77. The molecule has 0 radical (unpaired) electrons. The molecule has 9 heteroatoms. The Morgan fingerprint density at radius 2 is 1.84 bits per heavy atom. The number of methoxy groups -OCH3 is 1. The van der Waals surface area contributed by atoms with E-state index in [0.717, 1.165) is 30.8 Å². The quantitative estimate of drug-likeness (QED) is 0.235. The van der Waals surface area contributed by atoms with Gasteiger partial charge < -0.3 is 15.4 Å². The summed E-state index contributed by atoms with van der Waals surface area (Å²) in [6.45, 7) is 6.11. The molecule has 2 aromatic rings. The van der Waals surface area contributed by atoms with Crippen molar-refractivity contribution in [1.82, 2.24) is 15.4 Å². The highest BCUT2D eigenvalue weighted by Gasteiger charge is 2.11. The standard InChI is InChI=1S/C22H32N4O3S.HI/c1-5-24-22(25-14-13-17(2)19-9-11-20(29-4)12-10-19)26-16-18-7-6-8-21(15-18)30(27,28)23-3;/h6-12,15,17,23H,5,13-14,16H2,1-4H3,(H2,24,25,26);1H. The van der Waals surface area contributed by atoms with Crippen molar-refractivity contribution >= 4 is 40.0 Å². The number of nitrogens with one attached hydrogen (secondary N) is 3. The van der Waals surface area contributed by atoms with Crippen LogP contribution in [0.4, 0.5) is 0 Å². The largest absolute Gasteiger partial charge is 0.497 e. The van der Waals surface area contributed by atoms with E-state index >= 15 is 0 Å². The molecule has 1 atom stereocenters. The molecule has 2 rings (SSSR count). The van der Waals surface area contributed by atoms with Crippen molar-refractivity contribution in [2.45, 2.75) is 37.6 Å². The van der Waals surface area contributed by atoms with Gasteiger partial charge in [0.25, 0.3) is 0 Å². The van der Waals surface area contributed by atoms with Crippen LogP contribution in [-0.4, -0.2) is 41.6 Å². The minimum Gasteiger partial charge on any atom is -0.497 e. The van der Waals surface area contributed by atoms with Gasteiger partial charge in [0.05, 0.1) is 18.6 Å². The molecule has 0 saturated heterocycles. The van der Waals surface area contributed by atoms with Gasteiger partial charge in [-0.1, -0.05) is 31.2 Å². The first-order chi connectivity index (χ1) is 14.4. The molecule has 0 aromatic heterocycles. The van der Waals surface area contributed by atoms with Gasteiger partial charge >= 0.3 is 0 Å². The third kappa shape index (κ3) is 8.66. The van der Waals surface area contributed by atoms with Crippen LogP contribution >= 0.6 is 24.0 Å². The predicted octanol–water partition coefficient (Wildman–Crippen LogP) is 3.47. The zero-order valence-electron chi connectivity index (χ0n) is 18.5. The van der Waals surface area contributed by atoms with Crippen LogP contribution in [0.1, 0.15) is 37.3 Å². The number of guanidine groups is 1. The van der Waals surface area contributed by atoms with E-state index in [1.165, 1.54) is 12.6 Å². The molecule has 172 valence electrons. The first-order valence-electron chi connectivity index (χ1n) is 10.1. The van der Waals surface area contributed by atoms with Gasteiger partial charge in [0.1, 0.15) is 5.75 Å². The highest BCUT2D eigenvalue weighted by Crippen LogP contribution is 2.21. The molecule has 0 amide bonds. The van der Waals surface area contributed by atoms with Crippen molar-refractivity contribution in [1.29, 1.82) is 0 Å². The third-order valence-electron chi connectivity index (χ3n) is 4.80. The van der Waals surface area contributed by atoms with Gasteiger partial charge in [0.2, 0.25) is 10.0 Å². The number of hydrogen-bond acceptors (Lipinski definition) is 4. The van der Waals surface area contributed by atoms with Crippen molar-refractivity contribution < 1.29 is 13.2 Å². The van der Waals surface area contributed by atoms with E-state index in [1.54, 1.807) is 25.3 Å². The van der Waals surface area contributed by atoms with Crippen LogP contribution in [0.2, 0.25) is 0 Å². The number of rotatable bonds is 10. The lowest BCUT2D eigenvalue weighted by atomic mass is 9.98. The number of hydrogen-bond donors (Lipinski definition) is 3. The lowest BCUT2D eigenvalue weighted by Crippen LogP contribution is -2.38. The van der Waals surface area contributed by atoms with Crippen LogP contribution in [-0.2, 0) is 16.6 Å². The fourth-order valence-electron chi connectivity index (χ4n) is 2.95. The third-order valence-corrected chi connectivity index (χ3v) is 6.21. The number of aliphatic imine (C=N–C) groups is 1. The van der Waals surface area contributed by atoms with Gasteiger partial charge in [-0.3, -0.25) is 0 Å². The molecule has 0 bridgehead atoms. The molecule has 7 nitrogen and oxygen atoms in total. The molecular weight excluding hydrogens is 527 g/mol. The molecule has 0 spiro atoms. The maximum atomic E-state index is 12.0.